The summed E-state index contributed by atoms with van der Waals surface area (Å²) >= 11 is 6.53. The van der Waals surface area contributed by atoms with E-state index in [9.17, 15) is 0 Å². The van der Waals surface area contributed by atoms with Gasteiger partial charge >= 0.3 is 0 Å². The molecule has 21 heavy (non-hydrogen) atoms. The molecule has 0 aromatic carbocycles. The van der Waals surface area contributed by atoms with E-state index in [1.54, 1.807) is 0 Å². The number of halogens is 1. The SMILES string of the molecule is CCCC1CCC(N)(Cc2c(Cl)c(CC)nn2CC)CC1. The highest BCUT2D eigenvalue weighted by Gasteiger charge is 2.33. The fourth-order valence-corrected chi connectivity index (χ4v) is 3.98. The minimum Gasteiger partial charge on any atom is -0.325 e. The summed E-state index contributed by atoms with van der Waals surface area (Å²) in [4.78, 5) is 0. The van der Waals surface area contributed by atoms with Crippen LogP contribution in [0.5, 0.6) is 0 Å². The van der Waals surface area contributed by atoms with Gasteiger partial charge in [0.15, 0.2) is 0 Å². The quantitative estimate of drug-likeness (QED) is 0.848. The third kappa shape index (κ3) is 3.81. The Morgan fingerprint density at radius 3 is 2.48 bits per heavy atom. The molecule has 2 N–H and O–H groups in total. The summed E-state index contributed by atoms with van der Waals surface area (Å²) in [5.74, 6) is 0.879. The van der Waals surface area contributed by atoms with Crippen molar-refractivity contribution in [3.63, 3.8) is 0 Å². The molecular formula is C17H30ClN3. The molecule has 1 aliphatic rings. The van der Waals surface area contributed by atoms with Gasteiger partial charge in [-0.15, -0.1) is 0 Å². The molecule has 1 aromatic rings. The number of hydrogen-bond acceptors (Lipinski definition) is 2. The van der Waals surface area contributed by atoms with E-state index < -0.39 is 0 Å². The molecule has 0 amide bonds. The van der Waals surface area contributed by atoms with Gasteiger partial charge in [-0.1, -0.05) is 38.3 Å². The van der Waals surface area contributed by atoms with Crippen molar-refractivity contribution < 1.29 is 0 Å². The second kappa shape index (κ2) is 7.15. The first-order valence-electron chi connectivity index (χ1n) is 8.55. The summed E-state index contributed by atoms with van der Waals surface area (Å²) in [6, 6.07) is 0. The third-order valence-corrected chi connectivity index (χ3v) is 5.45. The molecule has 3 nitrogen and oxygen atoms in total. The van der Waals surface area contributed by atoms with Crippen LogP contribution in [0.4, 0.5) is 0 Å². The van der Waals surface area contributed by atoms with E-state index in [1.165, 1.54) is 25.7 Å². The van der Waals surface area contributed by atoms with Gasteiger partial charge in [-0.25, -0.2) is 0 Å². The minimum atomic E-state index is -0.0914. The zero-order chi connectivity index (χ0) is 15.5. The predicted octanol–water partition coefficient (Wildman–Crippen LogP) is 4.35. The monoisotopic (exact) mass is 311 g/mol. The first kappa shape index (κ1) is 16.8. The van der Waals surface area contributed by atoms with Crippen molar-refractivity contribution in [2.45, 2.75) is 84.2 Å². The number of nitrogens with two attached hydrogens (primary N) is 1. The summed E-state index contributed by atoms with van der Waals surface area (Å²) in [7, 11) is 0. The van der Waals surface area contributed by atoms with E-state index >= 15 is 0 Å². The Balaban J connectivity index is 2.09. The van der Waals surface area contributed by atoms with Crippen LogP contribution in [0.1, 0.15) is 70.7 Å². The lowest BCUT2D eigenvalue weighted by atomic mass is 9.73. The van der Waals surface area contributed by atoms with Crippen molar-refractivity contribution in [2.24, 2.45) is 11.7 Å². The fraction of sp³-hybridized carbons (Fsp3) is 0.824. The standard InChI is InChI=1S/C17H30ClN3/c1-4-7-13-8-10-17(19,11-9-13)12-15-16(18)14(5-2)20-21(15)6-3/h13H,4-12,19H2,1-3H3. The van der Waals surface area contributed by atoms with Crippen LogP contribution in [0, 0.1) is 5.92 Å². The van der Waals surface area contributed by atoms with Gasteiger partial charge in [-0.2, -0.15) is 5.10 Å². The largest absolute Gasteiger partial charge is 0.325 e. The molecule has 0 bridgehead atoms. The molecule has 0 spiro atoms. The summed E-state index contributed by atoms with van der Waals surface area (Å²) in [5, 5.41) is 5.46. The molecule has 2 rings (SSSR count). The van der Waals surface area contributed by atoms with Crippen LogP contribution < -0.4 is 5.73 Å². The molecule has 120 valence electrons. The third-order valence-electron chi connectivity index (χ3n) is 5.01. The molecule has 0 aliphatic heterocycles. The molecule has 1 fully saturated rings. The van der Waals surface area contributed by atoms with Crippen LogP contribution in [-0.4, -0.2) is 15.3 Å². The van der Waals surface area contributed by atoms with Gasteiger partial charge in [0.25, 0.3) is 0 Å². The summed E-state index contributed by atoms with van der Waals surface area (Å²) in [6.45, 7) is 7.36. The van der Waals surface area contributed by atoms with Gasteiger partial charge in [-0.3, -0.25) is 4.68 Å². The van der Waals surface area contributed by atoms with Crippen LogP contribution in [0.2, 0.25) is 5.02 Å². The van der Waals surface area contributed by atoms with Crippen molar-refractivity contribution in [1.82, 2.24) is 9.78 Å². The molecule has 0 unspecified atom stereocenters. The molecule has 1 heterocycles. The highest BCUT2D eigenvalue weighted by molar-refractivity contribution is 6.31. The van der Waals surface area contributed by atoms with Crippen molar-refractivity contribution in [3.05, 3.63) is 16.4 Å². The maximum Gasteiger partial charge on any atom is 0.0850 e. The van der Waals surface area contributed by atoms with Crippen LogP contribution in [-0.2, 0) is 19.4 Å². The Labute approximate surface area is 134 Å². The minimum absolute atomic E-state index is 0.0914. The van der Waals surface area contributed by atoms with Crippen LogP contribution in [0.15, 0.2) is 0 Å². The van der Waals surface area contributed by atoms with Crippen LogP contribution in [0.3, 0.4) is 0 Å². The lowest BCUT2D eigenvalue weighted by Gasteiger charge is -2.37. The summed E-state index contributed by atoms with van der Waals surface area (Å²) in [5.41, 5.74) is 8.76. The first-order chi connectivity index (χ1) is 10.0. The maximum atomic E-state index is 6.69. The van der Waals surface area contributed by atoms with E-state index in [1.807, 2.05) is 4.68 Å². The molecule has 1 aliphatic carbocycles. The zero-order valence-electron chi connectivity index (χ0n) is 13.8. The van der Waals surface area contributed by atoms with E-state index in [2.05, 4.69) is 25.9 Å². The molecular weight excluding hydrogens is 282 g/mol. The fourth-order valence-electron chi connectivity index (χ4n) is 3.65. The lowest BCUT2D eigenvalue weighted by Crippen LogP contribution is -2.45. The Hall–Kier alpha value is -0.540. The van der Waals surface area contributed by atoms with Crippen molar-refractivity contribution >= 4 is 11.6 Å². The average Bonchev–Trinajstić information content (AvgIpc) is 2.78. The molecule has 0 radical (unpaired) electrons. The average molecular weight is 312 g/mol. The number of aromatic nitrogens is 2. The number of rotatable bonds is 6. The zero-order valence-corrected chi connectivity index (χ0v) is 14.5. The first-order valence-corrected chi connectivity index (χ1v) is 8.93. The topological polar surface area (TPSA) is 43.8 Å². The van der Waals surface area contributed by atoms with Gasteiger partial charge in [-0.05, 0) is 44.9 Å². The van der Waals surface area contributed by atoms with Crippen LogP contribution in [0.25, 0.3) is 0 Å². The molecule has 1 saturated carbocycles. The van der Waals surface area contributed by atoms with Crippen molar-refractivity contribution in [3.8, 4) is 0 Å². The number of hydrogen-bond donors (Lipinski definition) is 1. The smallest absolute Gasteiger partial charge is 0.0850 e. The maximum absolute atomic E-state index is 6.69. The van der Waals surface area contributed by atoms with E-state index in [-0.39, 0.29) is 5.54 Å². The Bertz CT molecular complexity index is 459. The highest BCUT2D eigenvalue weighted by Crippen LogP contribution is 2.36. The van der Waals surface area contributed by atoms with Gasteiger partial charge < -0.3 is 5.73 Å². The van der Waals surface area contributed by atoms with Gasteiger partial charge in [0.1, 0.15) is 0 Å². The Morgan fingerprint density at radius 2 is 1.95 bits per heavy atom. The van der Waals surface area contributed by atoms with Gasteiger partial charge in [0, 0.05) is 18.5 Å². The van der Waals surface area contributed by atoms with Crippen molar-refractivity contribution in [2.75, 3.05) is 0 Å². The Morgan fingerprint density at radius 1 is 1.29 bits per heavy atom. The van der Waals surface area contributed by atoms with Gasteiger partial charge in [0.2, 0.25) is 0 Å². The molecule has 0 atom stereocenters. The predicted molar refractivity (Wildman–Crippen MR) is 89.8 cm³/mol. The molecule has 0 saturated heterocycles. The van der Waals surface area contributed by atoms with Crippen LogP contribution >= 0.6 is 11.6 Å². The molecule has 4 heteroatoms. The lowest BCUT2D eigenvalue weighted by molar-refractivity contribution is 0.220. The highest BCUT2D eigenvalue weighted by atomic mass is 35.5. The molecule has 1 aromatic heterocycles. The van der Waals surface area contributed by atoms with E-state index in [0.717, 1.165) is 54.6 Å². The normalized spacial score (nSPS) is 26.2. The second-order valence-electron chi connectivity index (χ2n) is 6.65. The summed E-state index contributed by atoms with van der Waals surface area (Å²) in [6.07, 6.45) is 9.15. The number of nitrogens with zero attached hydrogens (tertiary/aromatic N) is 2. The van der Waals surface area contributed by atoms with Crippen molar-refractivity contribution in [1.29, 1.82) is 0 Å². The summed E-state index contributed by atoms with van der Waals surface area (Å²) < 4.78 is 2.05. The van der Waals surface area contributed by atoms with E-state index in [0.29, 0.717) is 0 Å². The Kier molecular flexibility index (Phi) is 5.73. The van der Waals surface area contributed by atoms with Gasteiger partial charge in [0.05, 0.1) is 16.4 Å². The number of aryl methyl sites for hydroxylation is 2. The van der Waals surface area contributed by atoms with E-state index in [4.69, 9.17) is 17.3 Å². The second-order valence-corrected chi connectivity index (χ2v) is 7.03.